The summed E-state index contributed by atoms with van der Waals surface area (Å²) in [5.74, 6) is -0.0333. The van der Waals surface area contributed by atoms with Crippen LogP contribution in [0.5, 0.6) is 0 Å². The minimum Gasteiger partial charge on any atom is -0.337 e. The SMILES string of the molecule is CCCN(Cc1ccccc1)C(=O)Cn1ccccc1=O. The van der Waals surface area contributed by atoms with Crippen LogP contribution in [0.15, 0.2) is 59.5 Å². The van der Waals surface area contributed by atoms with Gasteiger partial charge < -0.3 is 9.47 Å². The van der Waals surface area contributed by atoms with Gasteiger partial charge in [0.15, 0.2) is 0 Å². The van der Waals surface area contributed by atoms with Gasteiger partial charge in [-0.2, -0.15) is 0 Å². The highest BCUT2D eigenvalue weighted by atomic mass is 16.2. The monoisotopic (exact) mass is 284 g/mol. The van der Waals surface area contributed by atoms with Crippen LogP contribution in [0, 0.1) is 0 Å². The molecule has 0 unspecified atom stereocenters. The molecule has 0 aliphatic carbocycles. The lowest BCUT2D eigenvalue weighted by molar-refractivity contribution is -0.132. The molecule has 1 amide bonds. The molecule has 0 aliphatic rings. The van der Waals surface area contributed by atoms with Crippen LogP contribution in [0.2, 0.25) is 0 Å². The van der Waals surface area contributed by atoms with E-state index < -0.39 is 0 Å². The number of pyridine rings is 1. The number of nitrogens with zero attached hydrogens (tertiary/aromatic N) is 2. The fraction of sp³-hybridized carbons (Fsp3) is 0.294. The minimum atomic E-state index is -0.151. The molecule has 110 valence electrons. The van der Waals surface area contributed by atoms with Crippen LogP contribution in [-0.4, -0.2) is 21.9 Å². The lowest BCUT2D eigenvalue weighted by atomic mass is 10.2. The Morgan fingerprint density at radius 3 is 2.48 bits per heavy atom. The van der Waals surface area contributed by atoms with E-state index in [2.05, 4.69) is 0 Å². The Labute approximate surface area is 124 Å². The first-order valence-corrected chi connectivity index (χ1v) is 7.18. The van der Waals surface area contributed by atoms with Gasteiger partial charge in [-0.3, -0.25) is 9.59 Å². The van der Waals surface area contributed by atoms with E-state index in [1.165, 1.54) is 10.6 Å². The van der Waals surface area contributed by atoms with Crippen LogP contribution in [0.3, 0.4) is 0 Å². The van der Waals surface area contributed by atoms with Gasteiger partial charge in [0.1, 0.15) is 6.54 Å². The van der Waals surface area contributed by atoms with Gasteiger partial charge in [-0.25, -0.2) is 0 Å². The molecule has 0 aliphatic heterocycles. The molecule has 0 radical (unpaired) electrons. The summed E-state index contributed by atoms with van der Waals surface area (Å²) in [6, 6.07) is 14.8. The summed E-state index contributed by atoms with van der Waals surface area (Å²) in [5, 5.41) is 0. The maximum atomic E-state index is 12.4. The molecule has 1 heterocycles. The third-order valence-corrected chi connectivity index (χ3v) is 3.27. The number of carbonyl (C=O) groups excluding carboxylic acids is 1. The van der Waals surface area contributed by atoms with Gasteiger partial charge in [0.25, 0.3) is 5.56 Å². The molecular formula is C17H20N2O2. The first-order valence-electron chi connectivity index (χ1n) is 7.18. The van der Waals surface area contributed by atoms with Crippen LogP contribution in [0.25, 0.3) is 0 Å². The van der Waals surface area contributed by atoms with Gasteiger partial charge in [0.05, 0.1) is 0 Å². The van der Waals surface area contributed by atoms with Crippen molar-refractivity contribution in [1.29, 1.82) is 0 Å². The molecule has 1 aromatic heterocycles. The van der Waals surface area contributed by atoms with Crippen LogP contribution in [0.4, 0.5) is 0 Å². The van der Waals surface area contributed by atoms with Crippen LogP contribution >= 0.6 is 0 Å². The molecule has 0 saturated carbocycles. The second kappa shape index (κ2) is 7.43. The molecule has 0 N–H and O–H groups in total. The lowest BCUT2D eigenvalue weighted by Crippen LogP contribution is -2.36. The first kappa shape index (κ1) is 15.0. The van der Waals surface area contributed by atoms with Crippen molar-refractivity contribution >= 4 is 5.91 Å². The average Bonchev–Trinajstić information content (AvgIpc) is 2.50. The summed E-state index contributed by atoms with van der Waals surface area (Å²) in [7, 11) is 0. The maximum absolute atomic E-state index is 12.4. The van der Waals surface area contributed by atoms with Crippen molar-refractivity contribution < 1.29 is 4.79 Å². The number of carbonyl (C=O) groups is 1. The van der Waals surface area contributed by atoms with Crippen molar-refractivity contribution in [1.82, 2.24) is 9.47 Å². The lowest BCUT2D eigenvalue weighted by Gasteiger charge is -2.22. The Bertz CT molecular complexity index is 634. The van der Waals surface area contributed by atoms with Crippen LogP contribution in [-0.2, 0) is 17.9 Å². The summed E-state index contributed by atoms with van der Waals surface area (Å²) in [5.41, 5.74) is 0.946. The summed E-state index contributed by atoms with van der Waals surface area (Å²) in [6.07, 6.45) is 2.54. The third kappa shape index (κ3) is 4.31. The fourth-order valence-corrected chi connectivity index (χ4v) is 2.20. The predicted octanol–water partition coefficient (Wildman–Crippen LogP) is 2.29. The zero-order chi connectivity index (χ0) is 15.1. The highest BCUT2D eigenvalue weighted by molar-refractivity contribution is 5.76. The Morgan fingerprint density at radius 1 is 1.10 bits per heavy atom. The summed E-state index contributed by atoms with van der Waals surface area (Å²) in [6.45, 7) is 3.40. The van der Waals surface area contributed by atoms with Crippen LogP contribution < -0.4 is 5.56 Å². The van der Waals surface area contributed by atoms with Crippen molar-refractivity contribution in [3.05, 3.63) is 70.6 Å². The number of hydrogen-bond donors (Lipinski definition) is 0. The van der Waals surface area contributed by atoms with E-state index in [4.69, 9.17) is 0 Å². The molecule has 0 saturated heterocycles. The Kier molecular flexibility index (Phi) is 5.32. The van der Waals surface area contributed by atoms with Gasteiger partial charge >= 0.3 is 0 Å². The van der Waals surface area contributed by atoms with Crippen molar-refractivity contribution in [3.63, 3.8) is 0 Å². The number of benzene rings is 1. The van der Waals surface area contributed by atoms with Crippen molar-refractivity contribution in [2.75, 3.05) is 6.54 Å². The molecule has 2 rings (SSSR count). The molecule has 0 atom stereocenters. The highest BCUT2D eigenvalue weighted by Crippen LogP contribution is 2.06. The summed E-state index contributed by atoms with van der Waals surface area (Å²) >= 11 is 0. The molecule has 0 bridgehead atoms. The van der Waals surface area contributed by atoms with E-state index in [9.17, 15) is 9.59 Å². The van der Waals surface area contributed by atoms with Crippen molar-refractivity contribution in [2.45, 2.75) is 26.4 Å². The fourth-order valence-electron chi connectivity index (χ4n) is 2.20. The minimum absolute atomic E-state index is 0.0333. The van der Waals surface area contributed by atoms with E-state index in [1.54, 1.807) is 23.2 Å². The smallest absolute Gasteiger partial charge is 0.250 e. The molecule has 4 nitrogen and oxygen atoms in total. The topological polar surface area (TPSA) is 42.3 Å². The third-order valence-electron chi connectivity index (χ3n) is 3.27. The molecule has 0 fully saturated rings. The first-order chi connectivity index (χ1) is 10.2. The van der Waals surface area contributed by atoms with Crippen LogP contribution in [0.1, 0.15) is 18.9 Å². The second-order valence-corrected chi connectivity index (χ2v) is 4.97. The van der Waals surface area contributed by atoms with Gasteiger partial charge in [-0.05, 0) is 18.1 Å². The zero-order valence-electron chi connectivity index (χ0n) is 12.2. The van der Waals surface area contributed by atoms with Gasteiger partial charge in [0.2, 0.25) is 5.91 Å². The number of hydrogen-bond acceptors (Lipinski definition) is 2. The molecule has 21 heavy (non-hydrogen) atoms. The quantitative estimate of drug-likeness (QED) is 0.816. The van der Waals surface area contributed by atoms with Crippen molar-refractivity contribution in [2.24, 2.45) is 0 Å². The number of aromatic nitrogens is 1. The highest BCUT2D eigenvalue weighted by Gasteiger charge is 2.14. The number of rotatable bonds is 6. The largest absolute Gasteiger partial charge is 0.337 e. The second-order valence-electron chi connectivity index (χ2n) is 4.97. The van der Waals surface area contributed by atoms with E-state index >= 15 is 0 Å². The molecular weight excluding hydrogens is 264 g/mol. The number of amides is 1. The summed E-state index contributed by atoms with van der Waals surface area (Å²) < 4.78 is 1.44. The maximum Gasteiger partial charge on any atom is 0.250 e. The van der Waals surface area contributed by atoms with Gasteiger partial charge in [-0.15, -0.1) is 0 Å². The standard InChI is InChI=1S/C17H20N2O2/c1-2-11-18(13-15-8-4-3-5-9-15)17(21)14-19-12-7-6-10-16(19)20/h3-10,12H,2,11,13-14H2,1H3. The van der Waals surface area contributed by atoms with Crippen molar-refractivity contribution in [3.8, 4) is 0 Å². The molecule has 4 heteroatoms. The normalized spacial score (nSPS) is 10.3. The predicted molar refractivity (Wildman–Crippen MR) is 82.9 cm³/mol. The molecule has 0 spiro atoms. The van der Waals surface area contributed by atoms with E-state index in [0.717, 1.165) is 12.0 Å². The molecule has 2 aromatic rings. The Balaban J connectivity index is 2.09. The summed E-state index contributed by atoms with van der Waals surface area (Å²) in [4.78, 5) is 25.9. The van der Waals surface area contributed by atoms with E-state index in [0.29, 0.717) is 13.1 Å². The Morgan fingerprint density at radius 2 is 1.81 bits per heavy atom. The zero-order valence-corrected chi connectivity index (χ0v) is 12.2. The van der Waals surface area contributed by atoms with Gasteiger partial charge in [0, 0.05) is 25.4 Å². The Hall–Kier alpha value is -2.36. The van der Waals surface area contributed by atoms with E-state index in [-0.39, 0.29) is 18.0 Å². The van der Waals surface area contributed by atoms with Gasteiger partial charge in [-0.1, -0.05) is 43.3 Å². The molecule has 1 aromatic carbocycles. The van der Waals surface area contributed by atoms with E-state index in [1.807, 2.05) is 37.3 Å². The average molecular weight is 284 g/mol.